The maximum absolute atomic E-state index is 10.1. The summed E-state index contributed by atoms with van der Waals surface area (Å²) in [6, 6.07) is 7.54. The quantitative estimate of drug-likeness (QED) is 0.356. The van der Waals surface area contributed by atoms with E-state index in [9.17, 15) is 5.11 Å². The highest BCUT2D eigenvalue weighted by Crippen LogP contribution is 2.27. The van der Waals surface area contributed by atoms with Crippen LogP contribution < -0.4 is 10.2 Å². The van der Waals surface area contributed by atoms with Crippen molar-refractivity contribution in [2.45, 2.75) is 39.7 Å². The molecule has 3 rings (SSSR count). The fourth-order valence-corrected chi connectivity index (χ4v) is 4.09. The topological polar surface area (TPSA) is 64.0 Å². The van der Waals surface area contributed by atoms with Crippen LogP contribution in [0.2, 0.25) is 0 Å². The van der Waals surface area contributed by atoms with E-state index < -0.39 is 0 Å². The van der Waals surface area contributed by atoms with Crippen LogP contribution in [-0.2, 0) is 12.0 Å². The number of piperazine rings is 1. The van der Waals surface area contributed by atoms with E-state index in [0.717, 1.165) is 55.1 Å². The lowest BCUT2D eigenvalue weighted by atomic mass is 9.98. The molecule has 0 radical (unpaired) electrons. The number of hydrogen-bond donors (Lipinski definition) is 2. The van der Waals surface area contributed by atoms with Gasteiger partial charge in [0.2, 0.25) is 0 Å². The van der Waals surface area contributed by atoms with Gasteiger partial charge in [-0.1, -0.05) is 32.9 Å². The first-order valence-electron chi connectivity index (χ1n) is 9.89. The Morgan fingerprint density at radius 2 is 1.90 bits per heavy atom. The van der Waals surface area contributed by atoms with Crippen molar-refractivity contribution in [3.63, 3.8) is 0 Å². The van der Waals surface area contributed by atoms with Crippen LogP contribution in [-0.4, -0.2) is 53.7 Å². The lowest BCUT2D eigenvalue weighted by molar-refractivity contribution is 0.369. The van der Waals surface area contributed by atoms with Gasteiger partial charge in [-0.05, 0) is 19.1 Å². The summed E-state index contributed by atoms with van der Waals surface area (Å²) in [5.41, 5.74) is 2.01. The molecule has 1 saturated heterocycles. The van der Waals surface area contributed by atoms with E-state index >= 15 is 0 Å². The number of benzene rings is 1. The number of aliphatic imine (C=N–C) groups is 1. The maximum atomic E-state index is 10.1. The summed E-state index contributed by atoms with van der Waals surface area (Å²) in [6.07, 6.45) is 0. The molecule has 0 amide bonds. The first-order valence-corrected chi connectivity index (χ1v) is 10.8. The Bertz CT molecular complexity index is 809. The summed E-state index contributed by atoms with van der Waals surface area (Å²) >= 11 is 1.71. The Labute approximate surface area is 195 Å². The number of phenolic OH excluding ortho intramolecular Hbond substituents is 1. The van der Waals surface area contributed by atoms with Crippen molar-refractivity contribution in [3.8, 4) is 5.75 Å². The Morgan fingerprint density at radius 1 is 1.21 bits per heavy atom. The van der Waals surface area contributed by atoms with Gasteiger partial charge in [0.15, 0.2) is 5.96 Å². The molecule has 6 nitrogen and oxygen atoms in total. The highest BCUT2D eigenvalue weighted by atomic mass is 127. The van der Waals surface area contributed by atoms with Gasteiger partial charge in [0.05, 0.1) is 22.9 Å². The third-order valence-corrected chi connectivity index (χ3v) is 6.04. The summed E-state index contributed by atoms with van der Waals surface area (Å²) < 4.78 is 0. The first-order chi connectivity index (χ1) is 13.4. The molecule has 0 aliphatic carbocycles. The molecule has 1 aromatic carbocycles. The van der Waals surface area contributed by atoms with Crippen LogP contribution in [0.4, 0.5) is 5.69 Å². The largest absolute Gasteiger partial charge is 0.506 e. The van der Waals surface area contributed by atoms with E-state index in [1.165, 1.54) is 0 Å². The van der Waals surface area contributed by atoms with Crippen molar-refractivity contribution < 1.29 is 5.11 Å². The van der Waals surface area contributed by atoms with Gasteiger partial charge in [-0.15, -0.1) is 35.3 Å². The molecule has 1 fully saturated rings. The summed E-state index contributed by atoms with van der Waals surface area (Å²) in [5, 5.41) is 16.8. The molecule has 0 unspecified atom stereocenters. The number of hydrogen-bond acceptors (Lipinski definition) is 5. The SMILES string of the molecule is CCNC(=NCc1csc(C(C)(C)C)n1)N1CCN(c2ccccc2O)CC1.I. The third-order valence-electron chi connectivity index (χ3n) is 4.72. The van der Waals surface area contributed by atoms with Crippen LogP contribution in [0, 0.1) is 0 Å². The second kappa shape index (κ2) is 10.5. The van der Waals surface area contributed by atoms with Gasteiger partial charge in [0, 0.05) is 43.5 Å². The predicted octanol–water partition coefficient (Wildman–Crippen LogP) is 4.05. The molecule has 1 aromatic heterocycles. The van der Waals surface area contributed by atoms with Gasteiger partial charge in [-0.3, -0.25) is 0 Å². The normalized spacial score (nSPS) is 15.2. The molecule has 0 bridgehead atoms. The van der Waals surface area contributed by atoms with Gasteiger partial charge in [-0.25, -0.2) is 9.98 Å². The zero-order chi connectivity index (χ0) is 20.1. The number of aromatic hydroxyl groups is 1. The minimum Gasteiger partial charge on any atom is -0.506 e. The molecule has 2 N–H and O–H groups in total. The molecule has 2 heterocycles. The molecule has 1 aliphatic rings. The molecule has 1 aliphatic heterocycles. The maximum Gasteiger partial charge on any atom is 0.194 e. The van der Waals surface area contributed by atoms with E-state index in [0.29, 0.717) is 12.3 Å². The smallest absolute Gasteiger partial charge is 0.194 e. The Kier molecular flexibility index (Phi) is 8.57. The standard InChI is InChI=1S/C21H31N5OS.HI/c1-5-22-20(23-14-16-15-28-19(24-16)21(2,3)4)26-12-10-25(11-13-26)17-8-6-7-9-18(17)27;/h6-9,15,27H,5,10-14H2,1-4H3,(H,22,23);1H. The Morgan fingerprint density at radius 3 is 2.48 bits per heavy atom. The summed E-state index contributed by atoms with van der Waals surface area (Å²) in [4.78, 5) is 14.1. The summed E-state index contributed by atoms with van der Waals surface area (Å²) in [7, 11) is 0. The molecular formula is C21H32IN5OS. The van der Waals surface area contributed by atoms with E-state index in [1.807, 2.05) is 18.2 Å². The molecule has 0 atom stereocenters. The number of nitrogens with one attached hydrogen (secondary N) is 1. The van der Waals surface area contributed by atoms with Crippen LogP contribution in [0.5, 0.6) is 5.75 Å². The third kappa shape index (κ3) is 6.21. The zero-order valence-electron chi connectivity index (χ0n) is 17.7. The minimum atomic E-state index is 0. The number of phenols is 1. The van der Waals surface area contributed by atoms with Crippen LogP contribution in [0.15, 0.2) is 34.6 Å². The molecule has 160 valence electrons. The lowest BCUT2D eigenvalue weighted by Gasteiger charge is -2.37. The van der Waals surface area contributed by atoms with E-state index in [2.05, 4.69) is 48.2 Å². The molecular weight excluding hydrogens is 497 g/mol. The van der Waals surface area contributed by atoms with Crippen LogP contribution in [0.3, 0.4) is 0 Å². The van der Waals surface area contributed by atoms with Gasteiger partial charge in [0.1, 0.15) is 5.75 Å². The molecule has 8 heteroatoms. The number of rotatable bonds is 4. The number of halogens is 1. The summed E-state index contributed by atoms with van der Waals surface area (Å²) in [6.45, 7) is 13.5. The highest BCUT2D eigenvalue weighted by Gasteiger charge is 2.22. The monoisotopic (exact) mass is 529 g/mol. The average Bonchev–Trinajstić information content (AvgIpc) is 3.15. The fraction of sp³-hybridized carbons (Fsp3) is 0.524. The van der Waals surface area contributed by atoms with E-state index in [4.69, 9.17) is 9.98 Å². The second-order valence-corrected chi connectivity index (χ2v) is 8.89. The minimum absolute atomic E-state index is 0. The fourth-order valence-electron chi connectivity index (χ4n) is 3.20. The lowest BCUT2D eigenvalue weighted by Crippen LogP contribution is -2.52. The van der Waals surface area contributed by atoms with E-state index in [-0.39, 0.29) is 29.4 Å². The zero-order valence-corrected chi connectivity index (χ0v) is 20.8. The number of guanidine groups is 1. The van der Waals surface area contributed by atoms with Gasteiger partial charge >= 0.3 is 0 Å². The average molecular weight is 529 g/mol. The molecule has 0 saturated carbocycles. The molecule has 0 spiro atoms. The van der Waals surface area contributed by atoms with Crippen LogP contribution in [0.1, 0.15) is 38.4 Å². The van der Waals surface area contributed by atoms with Crippen LogP contribution in [0.25, 0.3) is 0 Å². The highest BCUT2D eigenvalue weighted by molar-refractivity contribution is 14.0. The second-order valence-electron chi connectivity index (χ2n) is 8.03. The van der Waals surface area contributed by atoms with Crippen molar-refractivity contribution in [3.05, 3.63) is 40.3 Å². The Balaban J connectivity index is 0.00000300. The number of anilines is 1. The Hall–Kier alpha value is -1.55. The van der Waals surface area contributed by atoms with Gasteiger partial charge in [-0.2, -0.15) is 0 Å². The van der Waals surface area contributed by atoms with Crippen molar-refractivity contribution in [2.24, 2.45) is 4.99 Å². The van der Waals surface area contributed by atoms with Crippen molar-refractivity contribution in [2.75, 3.05) is 37.6 Å². The van der Waals surface area contributed by atoms with Crippen LogP contribution >= 0.6 is 35.3 Å². The van der Waals surface area contributed by atoms with Gasteiger partial charge in [0.25, 0.3) is 0 Å². The van der Waals surface area contributed by atoms with Crippen molar-refractivity contribution >= 4 is 47.0 Å². The summed E-state index contributed by atoms with van der Waals surface area (Å²) in [5.74, 6) is 1.28. The van der Waals surface area contributed by atoms with Crippen molar-refractivity contribution in [1.29, 1.82) is 0 Å². The number of para-hydroxylation sites is 2. The van der Waals surface area contributed by atoms with Crippen molar-refractivity contribution in [1.82, 2.24) is 15.2 Å². The first kappa shape index (κ1) is 23.7. The molecule has 2 aromatic rings. The number of nitrogens with zero attached hydrogens (tertiary/aromatic N) is 4. The van der Waals surface area contributed by atoms with E-state index in [1.54, 1.807) is 17.4 Å². The number of thiazole rings is 1. The van der Waals surface area contributed by atoms with Gasteiger partial charge < -0.3 is 20.2 Å². The predicted molar refractivity (Wildman–Crippen MR) is 133 cm³/mol. The molecule has 29 heavy (non-hydrogen) atoms. The number of aromatic nitrogens is 1.